The summed E-state index contributed by atoms with van der Waals surface area (Å²) in [5.74, 6) is -2.88. The highest BCUT2D eigenvalue weighted by atomic mass is 16.3. The maximum atomic E-state index is 13.7. The number of nitrogens with zero attached hydrogens (tertiary/aromatic N) is 1. The van der Waals surface area contributed by atoms with E-state index < -0.39 is 17.8 Å². The minimum atomic E-state index is -0.606. The van der Waals surface area contributed by atoms with Crippen molar-refractivity contribution >= 4 is 29.1 Å². The minimum Gasteiger partial charge on any atom is -0.508 e. The second-order valence-corrected chi connectivity index (χ2v) is 9.67. The van der Waals surface area contributed by atoms with Gasteiger partial charge in [-0.2, -0.15) is 0 Å². The van der Waals surface area contributed by atoms with Crippen LogP contribution in [0.3, 0.4) is 0 Å². The van der Waals surface area contributed by atoms with Gasteiger partial charge in [0.25, 0.3) is 0 Å². The molecule has 1 saturated heterocycles. The number of carbonyl (C=O) groups is 4. The number of rotatable bonds is 2. The van der Waals surface area contributed by atoms with Crippen molar-refractivity contribution in [3.63, 3.8) is 0 Å². The molecular weight excluding hydrogens is 442 g/mol. The van der Waals surface area contributed by atoms with Gasteiger partial charge in [0.15, 0.2) is 11.6 Å². The van der Waals surface area contributed by atoms with Crippen LogP contribution in [-0.4, -0.2) is 28.5 Å². The first-order valence-corrected chi connectivity index (χ1v) is 11.8. The predicted molar refractivity (Wildman–Crippen MR) is 128 cm³/mol. The molecule has 2 aromatic carbocycles. The molecule has 1 fully saturated rings. The van der Waals surface area contributed by atoms with Crippen molar-refractivity contribution in [3.8, 4) is 5.75 Å². The van der Waals surface area contributed by atoms with Crippen molar-refractivity contribution in [1.82, 2.24) is 0 Å². The molecule has 6 rings (SSSR count). The second kappa shape index (κ2) is 7.73. The van der Waals surface area contributed by atoms with Crippen LogP contribution in [0, 0.1) is 17.8 Å². The molecule has 1 aliphatic heterocycles. The number of phenolic OH excluding ortho intramolecular Hbond substituents is 1. The zero-order valence-electron chi connectivity index (χ0n) is 19.1. The van der Waals surface area contributed by atoms with Gasteiger partial charge in [-0.3, -0.25) is 24.1 Å². The molecule has 0 radical (unpaired) electrons. The van der Waals surface area contributed by atoms with E-state index in [9.17, 15) is 24.3 Å². The Labute approximate surface area is 202 Å². The highest BCUT2D eigenvalue weighted by Crippen LogP contribution is 2.55. The molecule has 2 amide bonds. The van der Waals surface area contributed by atoms with Gasteiger partial charge in [-0.1, -0.05) is 42.0 Å². The molecule has 0 aromatic heterocycles. The van der Waals surface area contributed by atoms with Gasteiger partial charge in [-0.05, 0) is 61.6 Å². The van der Waals surface area contributed by atoms with Crippen molar-refractivity contribution < 1.29 is 24.3 Å². The molecule has 1 N–H and O–H groups in total. The number of hydrogen-bond donors (Lipinski definition) is 1. The Kier molecular flexibility index (Phi) is 4.74. The number of para-hydroxylation sites is 1. The van der Waals surface area contributed by atoms with Crippen LogP contribution >= 0.6 is 0 Å². The summed E-state index contributed by atoms with van der Waals surface area (Å²) in [6.45, 7) is 1.63. The molecule has 4 atom stereocenters. The maximum Gasteiger partial charge on any atom is 0.238 e. The van der Waals surface area contributed by atoms with E-state index >= 15 is 0 Å². The predicted octanol–water partition coefficient (Wildman–Crippen LogP) is 4.03. The first-order valence-electron chi connectivity index (χ1n) is 11.8. The van der Waals surface area contributed by atoms with E-state index in [2.05, 4.69) is 0 Å². The highest BCUT2D eigenvalue weighted by molar-refractivity contribution is 6.25. The first-order chi connectivity index (χ1) is 16.9. The van der Waals surface area contributed by atoms with Crippen molar-refractivity contribution in [3.05, 3.63) is 94.6 Å². The van der Waals surface area contributed by atoms with Gasteiger partial charge < -0.3 is 5.11 Å². The van der Waals surface area contributed by atoms with Gasteiger partial charge in [0.05, 0.1) is 17.5 Å². The summed E-state index contributed by atoms with van der Waals surface area (Å²) in [7, 11) is 0. The number of benzene rings is 2. The summed E-state index contributed by atoms with van der Waals surface area (Å²) in [4.78, 5) is 54.8. The lowest BCUT2D eigenvalue weighted by molar-refractivity contribution is -0.123. The molecule has 4 aliphatic rings. The van der Waals surface area contributed by atoms with Crippen LogP contribution in [0.5, 0.6) is 5.75 Å². The zero-order chi connectivity index (χ0) is 24.4. The van der Waals surface area contributed by atoms with Gasteiger partial charge in [0, 0.05) is 22.6 Å². The number of Topliss-reactive ketones (excluding diaryl/α,β-unsaturated/α-hetero) is 1. The molecule has 35 heavy (non-hydrogen) atoms. The lowest BCUT2D eigenvalue weighted by Gasteiger charge is -2.42. The van der Waals surface area contributed by atoms with Gasteiger partial charge in [-0.15, -0.1) is 0 Å². The number of aromatic hydroxyl groups is 1. The number of hydrogen-bond acceptors (Lipinski definition) is 5. The fourth-order valence-corrected chi connectivity index (χ4v) is 6.30. The third-order valence-electron chi connectivity index (χ3n) is 7.78. The summed E-state index contributed by atoms with van der Waals surface area (Å²) in [5.41, 5.74) is 3.33. The number of ketones is 2. The second-order valence-electron chi connectivity index (χ2n) is 9.67. The number of allylic oxidation sites excluding steroid dienone is 6. The summed E-state index contributed by atoms with van der Waals surface area (Å²) < 4.78 is 0. The van der Waals surface area contributed by atoms with E-state index in [4.69, 9.17) is 0 Å². The lowest BCUT2D eigenvalue weighted by atomic mass is 9.59. The number of carbonyl (C=O) groups excluding carboxylic acids is 4. The number of phenols is 1. The average Bonchev–Trinajstić information content (AvgIpc) is 3.11. The van der Waals surface area contributed by atoms with Crippen LogP contribution in [0.4, 0.5) is 5.69 Å². The highest BCUT2D eigenvalue weighted by Gasteiger charge is 2.56. The maximum absolute atomic E-state index is 13.7. The molecule has 3 aliphatic carbocycles. The molecule has 1 heterocycles. The summed E-state index contributed by atoms with van der Waals surface area (Å²) in [5, 5.41) is 10.2. The molecule has 0 bridgehead atoms. The summed E-state index contributed by atoms with van der Waals surface area (Å²) >= 11 is 0. The molecule has 4 unspecified atom stereocenters. The van der Waals surface area contributed by atoms with E-state index in [0.29, 0.717) is 34.4 Å². The van der Waals surface area contributed by atoms with E-state index in [0.717, 1.165) is 5.57 Å². The fraction of sp³-hybridized carbons (Fsp3) is 0.241. The molecule has 2 aromatic rings. The Morgan fingerprint density at radius 1 is 0.914 bits per heavy atom. The lowest BCUT2D eigenvalue weighted by Crippen LogP contribution is -2.39. The van der Waals surface area contributed by atoms with Crippen molar-refractivity contribution in [1.29, 1.82) is 0 Å². The first kappa shape index (κ1) is 21.5. The Hall–Kier alpha value is -4.06. The fourth-order valence-electron chi connectivity index (χ4n) is 6.30. The smallest absolute Gasteiger partial charge is 0.238 e. The molecule has 6 nitrogen and oxygen atoms in total. The Bertz CT molecular complexity index is 1410. The minimum absolute atomic E-state index is 0.0599. The van der Waals surface area contributed by atoms with Crippen LogP contribution in [-0.2, 0) is 19.2 Å². The van der Waals surface area contributed by atoms with Crippen molar-refractivity contribution in [2.45, 2.75) is 25.7 Å². The van der Waals surface area contributed by atoms with E-state index in [1.807, 2.05) is 18.2 Å². The topological polar surface area (TPSA) is 91.8 Å². The van der Waals surface area contributed by atoms with Gasteiger partial charge in [-0.25, -0.2) is 0 Å². The SMILES string of the molecule is CC1=CC(=O)C2=C(CC3C(=CCC4C(=O)N(c5ccccc5)C(=O)C43)C2c2cccc(O)c2)C1=O. The molecule has 0 saturated carbocycles. The molecular formula is C29H23NO5. The number of imide groups is 1. The molecule has 6 heteroatoms. The quantitative estimate of drug-likeness (QED) is 0.411. The number of amides is 2. The summed E-state index contributed by atoms with van der Waals surface area (Å²) in [6.07, 6.45) is 3.99. The Morgan fingerprint density at radius 2 is 1.69 bits per heavy atom. The normalized spacial score (nSPS) is 27.9. The third-order valence-corrected chi connectivity index (χ3v) is 7.78. The van der Waals surface area contributed by atoms with Crippen molar-refractivity contribution in [2.75, 3.05) is 4.90 Å². The van der Waals surface area contributed by atoms with Crippen LogP contribution in [0.1, 0.15) is 31.2 Å². The van der Waals surface area contributed by atoms with Crippen LogP contribution in [0.25, 0.3) is 0 Å². The number of fused-ring (bicyclic) bond motifs is 3. The van der Waals surface area contributed by atoms with Crippen molar-refractivity contribution in [2.24, 2.45) is 17.8 Å². The Morgan fingerprint density at radius 3 is 2.43 bits per heavy atom. The van der Waals surface area contributed by atoms with Crippen LogP contribution < -0.4 is 4.90 Å². The summed E-state index contributed by atoms with van der Waals surface area (Å²) in [6, 6.07) is 15.6. The van der Waals surface area contributed by atoms with E-state index in [1.165, 1.54) is 11.0 Å². The van der Waals surface area contributed by atoms with Gasteiger partial charge in [0.1, 0.15) is 5.75 Å². The average molecular weight is 466 g/mol. The van der Waals surface area contributed by atoms with E-state index in [1.54, 1.807) is 49.4 Å². The third kappa shape index (κ3) is 3.09. The van der Waals surface area contributed by atoms with Gasteiger partial charge >= 0.3 is 0 Å². The van der Waals surface area contributed by atoms with E-state index in [-0.39, 0.29) is 41.5 Å². The Balaban J connectivity index is 1.50. The monoisotopic (exact) mass is 465 g/mol. The largest absolute Gasteiger partial charge is 0.508 e. The number of anilines is 1. The molecule has 174 valence electrons. The van der Waals surface area contributed by atoms with Crippen LogP contribution in [0.15, 0.2) is 89.0 Å². The van der Waals surface area contributed by atoms with Crippen LogP contribution in [0.2, 0.25) is 0 Å². The standard InChI is InChI=1S/C29H23NO5/c1-15-12-23(32)26-22(27(15)33)14-21-19(24(26)16-6-5-9-18(31)13-16)10-11-20-25(21)29(35)30(28(20)34)17-7-3-2-4-8-17/h2-10,12-13,20-21,24-25,31H,11,14H2,1H3. The zero-order valence-corrected chi connectivity index (χ0v) is 19.1. The van der Waals surface area contributed by atoms with Gasteiger partial charge in [0.2, 0.25) is 11.8 Å². The molecule has 0 spiro atoms.